The summed E-state index contributed by atoms with van der Waals surface area (Å²) in [6, 6.07) is 10.6. The molecule has 1 aliphatic heterocycles. The van der Waals surface area contributed by atoms with E-state index in [1.807, 2.05) is 31.6 Å². The van der Waals surface area contributed by atoms with E-state index in [1.54, 1.807) is 14.2 Å². The Labute approximate surface area is 215 Å². The normalized spacial score (nSPS) is 17.4. The molecule has 0 amide bonds. The molecule has 1 aromatic heterocycles. The van der Waals surface area contributed by atoms with Crippen molar-refractivity contribution in [1.29, 1.82) is 0 Å². The molecule has 3 rings (SSSR count). The molecule has 182 valence electrons. The molecule has 1 aromatic carbocycles. The van der Waals surface area contributed by atoms with E-state index < -0.39 is 0 Å². The molecule has 0 saturated carbocycles. The Morgan fingerprint density at radius 1 is 1.21 bits per heavy atom. The van der Waals surface area contributed by atoms with E-state index in [9.17, 15) is 0 Å². The molecule has 7 nitrogen and oxygen atoms in total. The van der Waals surface area contributed by atoms with Gasteiger partial charge in [0.2, 0.25) is 0 Å². The second-order valence-corrected chi connectivity index (χ2v) is 8.68. The molecular formula is C25H38IN5O2. The van der Waals surface area contributed by atoms with Crippen molar-refractivity contribution in [3.63, 3.8) is 0 Å². The number of benzene rings is 1. The Balaban J connectivity index is 0.00000385. The monoisotopic (exact) mass is 567 g/mol. The lowest BCUT2D eigenvalue weighted by molar-refractivity contribution is 0.321. The Morgan fingerprint density at radius 3 is 2.52 bits per heavy atom. The number of rotatable bonds is 9. The highest BCUT2D eigenvalue weighted by atomic mass is 127. The molecule has 8 heteroatoms. The van der Waals surface area contributed by atoms with Crippen LogP contribution >= 0.6 is 24.0 Å². The van der Waals surface area contributed by atoms with Gasteiger partial charge in [-0.15, -0.1) is 24.0 Å². The first-order valence-corrected chi connectivity index (χ1v) is 11.3. The fourth-order valence-electron chi connectivity index (χ4n) is 4.24. The maximum atomic E-state index is 5.41. The summed E-state index contributed by atoms with van der Waals surface area (Å²) >= 11 is 0. The minimum atomic E-state index is 0. The largest absolute Gasteiger partial charge is 0.497 e. The second kappa shape index (κ2) is 13.6. The lowest BCUT2D eigenvalue weighted by Gasteiger charge is -2.24. The van der Waals surface area contributed by atoms with Crippen LogP contribution in [-0.2, 0) is 6.54 Å². The maximum Gasteiger partial charge on any atom is 0.191 e. The van der Waals surface area contributed by atoms with Crippen molar-refractivity contribution in [3.05, 3.63) is 53.9 Å². The van der Waals surface area contributed by atoms with Crippen LogP contribution in [0, 0.1) is 5.92 Å². The predicted octanol–water partition coefficient (Wildman–Crippen LogP) is 3.90. The van der Waals surface area contributed by atoms with Gasteiger partial charge in [-0.25, -0.2) is 0 Å². The van der Waals surface area contributed by atoms with Crippen LogP contribution in [0.5, 0.6) is 11.5 Å². The van der Waals surface area contributed by atoms with Gasteiger partial charge in [0.1, 0.15) is 11.5 Å². The van der Waals surface area contributed by atoms with Crippen LogP contribution in [0.25, 0.3) is 0 Å². The lowest BCUT2D eigenvalue weighted by atomic mass is 9.89. The highest BCUT2D eigenvalue weighted by Gasteiger charge is 2.24. The van der Waals surface area contributed by atoms with Gasteiger partial charge in [0.05, 0.1) is 14.2 Å². The molecule has 0 radical (unpaired) electrons. The van der Waals surface area contributed by atoms with Gasteiger partial charge in [0.15, 0.2) is 5.96 Å². The number of aliphatic imine (C=N–C) groups is 1. The van der Waals surface area contributed by atoms with Crippen molar-refractivity contribution in [2.75, 3.05) is 40.9 Å². The smallest absolute Gasteiger partial charge is 0.191 e. The standard InChI is InChI=1S/C25H37N5O2.HI/c1-18(2)24(20-7-6-9-27-14-20)15-28-25(26-3)29-21-8-10-30(17-21)16-19-11-22(31-4)13-23(12-19)32-5;/h6-7,9,11-14,18,21,24H,8,10,15-17H2,1-5H3,(H2,26,28,29);1H. The van der Waals surface area contributed by atoms with E-state index in [0.29, 0.717) is 17.9 Å². The Bertz CT molecular complexity index is 856. The van der Waals surface area contributed by atoms with E-state index in [4.69, 9.17) is 9.47 Å². The van der Waals surface area contributed by atoms with Crippen molar-refractivity contribution in [2.24, 2.45) is 10.9 Å². The summed E-state index contributed by atoms with van der Waals surface area (Å²) in [7, 11) is 5.20. The number of hydrogen-bond acceptors (Lipinski definition) is 5. The molecule has 0 spiro atoms. The van der Waals surface area contributed by atoms with Gasteiger partial charge in [-0.1, -0.05) is 19.9 Å². The maximum absolute atomic E-state index is 5.41. The topological polar surface area (TPSA) is 71.0 Å². The number of guanidine groups is 1. The molecule has 2 unspecified atom stereocenters. The van der Waals surface area contributed by atoms with Crippen LogP contribution in [0.4, 0.5) is 0 Å². The van der Waals surface area contributed by atoms with Crippen molar-refractivity contribution in [3.8, 4) is 11.5 Å². The van der Waals surface area contributed by atoms with Crippen LogP contribution < -0.4 is 20.1 Å². The Hall–Kier alpha value is -2.07. The number of nitrogens with zero attached hydrogens (tertiary/aromatic N) is 3. The molecule has 0 aliphatic carbocycles. The summed E-state index contributed by atoms with van der Waals surface area (Å²) in [5, 5.41) is 7.13. The number of methoxy groups -OCH3 is 2. The first-order valence-electron chi connectivity index (χ1n) is 11.3. The third-order valence-corrected chi connectivity index (χ3v) is 6.06. The van der Waals surface area contributed by atoms with Gasteiger partial charge in [0.25, 0.3) is 0 Å². The molecule has 0 bridgehead atoms. The summed E-state index contributed by atoms with van der Waals surface area (Å²) < 4.78 is 10.8. The summed E-state index contributed by atoms with van der Waals surface area (Å²) in [6.07, 6.45) is 4.87. The second-order valence-electron chi connectivity index (χ2n) is 8.68. The SMILES string of the molecule is CN=C(NCC(c1cccnc1)C(C)C)NC1CCN(Cc2cc(OC)cc(OC)c2)C1.I. The number of nitrogens with one attached hydrogen (secondary N) is 2. The van der Waals surface area contributed by atoms with Crippen LogP contribution in [0.1, 0.15) is 37.3 Å². The summed E-state index contributed by atoms with van der Waals surface area (Å²) in [6.45, 7) is 8.20. The molecule has 33 heavy (non-hydrogen) atoms. The number of ether oxygens (including phenoxy) is 2. The quantitative estimate of drug-likeness (QED) is 0.272. The molecule has 2 heterocycles. The average molecular weight is 568 g/mol. The van der Waals surface area contributed by atoms with Gasteiger partial charge >= 0.3 is 0 Å². The van der Waals surface area contributed by atoms with Gasteiger partial charge in [0, 0.05) is 63.6 Å². The first-order chi connectivity index (χ1) is 15.5. The molecule has 2 atom stereocenters. The zero-order valence-corrected chi connectivity index (χ0v) is 22.7. The number of hydrogen-bond donors (Lipinski definition) is 2. The molecule has 1 aliphatic rings. The Morgan fingerprint density at radius 2 is 1.94 bits per heavy atom. The number of aromatic nitrogens is 1. The molecular weight excluding hydrogens is 529 g/mol. The van der Waals surface area contributed by atoms with Crippen molar-refractivity contribution < 1.29 is 9.47 Å². The van der Waals surface area contributed by atoms with E-state index in [2.05, 4.69) is 57.6 Å². The molecule has 2 N–H and O–H groups in total. The summed E-state index contributed by atoms with van der Waals surface area (Å²) in [4.78, 5) is 11.2. The zero-order chi connectivity index (χ0) is 22.9. The zero-order valence-electron chi connectivity index (χ0n) is 20.4. The number of pyridine rings is 1. The van der Waals surface area contributed by atoms with Gasteiger partial charge < -0.3 is 20.1 Å². The third-order valence-electron chi connectivity index (χ3n) is 6.06. The van der Waals surface area contributed by atoms with E-state index in [1.165, 1.54) is 11.1 Å². The summed E-state index contributed by atoms with van der Waals surface area (Å²) in [5.74, 6) is 3.39. The van der Waals surface area contributed by atoms with E-state index in [-0.39, 0.29) is 24.0 Å². The predicted molar refractivity (Wildman–Crippen MR) is 145 cm³/mol. The first kappa shape index (κ1) is 27.2. The average Bonchev–Trinajstić information content (AvgIpc) is 3.25. The highest BCUT2D eigenvalue weighted by Crippen LogP contribution is 2.25. The number of likely N-dealkylation sites (tertiary alicyclic amines) is 1. The molecule has 1 fully saturated rings. The molecule has 2 aromatic rings. The van der Waals surface area contributed by atoms with Crippen LogP contribution in [-0.4, -0.2) is 62.8 Å². The van der Waals surface area contributed by atoms with Gasteiger partial charge in [-0.2, -0.15) is 0 Å². The summed E-state index contributed by atoms with van der Waals surface area (Å²) in [5.41, 5.74) is 2.45. The fourth-order valence-corrected chi connectivity index (χ4v) is 4.24. The fraction of sp³-hybridized carbons (Fsp3) is 0.520. The molecule has 1 saturated heterocycles. The van der Waals surface area contributed by atoms with Gasteiger partial charge in [-0.3, -0.25) is 14.9 Å². The van der Waals surface area contributed by atoms with Crippen LogP contribution in [0.2, 0.25) is 0 Å². The van der Waals surface area contributed by atoms with E-state index >= 15 is 0 Å². The van der Waals surface area contributed by atoms with Crippen molar-refractivity contribution in [2.45, 2.75) is 38.8 Å². The minimum absolute atomic E-state index is 0. The minimum Gasteiger partial charge on any atom is -0.497 e. The third kappa shape index (κ3) is 8.03. The highest BCUT2D eigenvalue weighted by molar-refractivity contribution is 14.0. The lowest BCUT2D eigenvalue weighted by Crippen LogP contribution is -2.46. The van der Waals surface area contributed by atoms with Gasteiger partial charge in [-0.05, 0) is 41.7 Å². The number of halogens is 1. The van der Waals surface area contributed by atoms with Crippen molar-refractivity contribution in [1.82, 2.24) is 20.5 Å². The van der Waals surface area contributed by atoms with E-state index in [0.717, 1.165) is 50.1 Å². The Kier molecular flexibility index (Phi) is 11.2. The van der Waals surface area contributed by atoms with Crippen LogP contribution in [0.3, 0.4) is 0 Å². The van der Waals surface area contributed by atoms with Crippen molar-refractivity contribution >= 4 is 29.9 Å². The van der Waals surface area contributed by atoms with Crippen LogP contribution in [0.15, 0.2) is 47.7 Å².